The highest BCUT2D eigenvalue weighted by molar-refractivity contribution is 5.32. The third-order valence-electron chi connectivity index (χ3n) is 3.13. The Balaban J connectivity index is 1.79. The lowest BCUT2D eigenvalue weighted by Gasteiger charge is -2.09. The van der Waals surface area contributed by atoms with Crippen molar-refractivity contribution in [1.82, 2.24) is 0 Å². The highest BCUT2D eigenvalue weighted by atomic mass is 16.5. The third-order valence-corrected chi connectivity index (χ3v) is 3.13. The molecule has 0 aliphatic rings. The summed E-state index contributed by atoms with van der Waals surface area (Å²) in [7, 11) is 0. The molecule has 0 atom stereocenters. The van der Waals surface area contributed by atoms with Crippen molar-refractivity contribution in [2.24, 2.45) is 0 Å². The topological polar surface area (TPSA) is 29.5 Å². The van der Waals surface area contributed by atoms with Gasteiger partial charge in [0.15, 0.2) is 0 Å². The molecule has 0 bridgehead atoms. The van der Waals surface area contributed by atoms with Gasteiger partial charge in [-0.15, -0.1) is 0 Å². The van der Waals surface area contributed by atoms with E-state index in [2.05, 4.69) is 31.2 Å². The van der Waals surface area contributed by atoms with Crippen LogP contribution in [0.1, 0.15) is 23.1 Å². The Bertz CT molecular complexity index is 503. The molecule has 0 saturated carbocycles. The van der Waals surface area contributed by atoms with Gasteiger partial charge in [0.05, 0.1) is 13.2 Å². The summed E-state index contributed by atoms with van der Waals surface area (Å²) in [6.07, 6.45) is 1.99. The number of rotatable bonds is 6. The van der Waals surface area contributed by atoms with Gasteiger partial charge in [-0.05, 0) is 31.4 Å². The van der Waals surface area contributed by atoms with E-state index in [0.717, 1.165) is 24.2 Å². The minimum absolute atomic E-state index is 0.0220. The first-order valence-corrected chi connectivity index (χ1v) is 6.66. The highest BCUT2D eigenvalue weighted by Gasteiger charge is 2.01. The highest BCUT2D eigenvalue weighted by Crippen LogP contribution is 2.18. The summed E-state index contributed by atoms with van der Waals surface area (Å²) in [4.78, 5) is 0. The van der Waals surface area contributed by atoms with Gasteiger partial charge in [0, 0.05) is 5.56 Å². The Morgan fingerprint density at radius 1 is 1.00 bits per heavy atom. The van der Waals surface area contributed by atoms with Crippen LogP contribution < -0.4 is 4.74 Å². The molecular weight excluding hydrogens is 236 g/mol. The van der Waals surface area contributed by atoms with Gasteiger partial charge in [-0.2, -0.15) is 0 Å². The van der Waals surface area contributed by atoms with E-state index in [1.807, 2.05) is 24.3 Å². The fourth-order valence-corrected chi connectivity index (χ4v) is 1.99. The maximum absolute atomic E-state index is 9.20. The van der Waals surface area contributed by atoms with Gasteiger partial charge < -0.3 is 9.84 Å². The largest absolute Gasteiger partial charge is 0.493 e. The van der Waals surface area contributed by atoms with Crippen LogP contribution in [0.2, 0.25) is 0 Å². The Morgan fingerprint density at radius 3 is 2.47 bits per heavy atom. The van der Waals surface area contributed by atoms with Gasteiger partial charge in [-0.25, -0.2) is 0 Å². The van der Waals surface area contributed by atoms with Gasteiger partial charge in [-0.3, -0.25) is 0 Å². The van der Waals surface area contributed by atoms with Crippen LogP contribution in [-0.2, 0) is 13.0 Å². The van der Waals surface area contributed by atoms with Gasteiger partial charge in [0.25, 0.3) is 0 Å². The molecule has 2 nitrogen and oxygen atoms in total. The zero-order valence-corrected chi connectivity index (χ0v) is 11.3. The molecule has 2 heteroatoms. The van der Waals surface area contributed by atoms with Crippen LogP contribution >= 0.6 is 0 Å². The number of aliphatic hydroxyl groups is 1. The number of benzene rings is 2. The molecule has 2 aromatic carbocycles. The van der Waals surface area contributed by atoms with Gasteiger partial charge in [0.2, 0.25) is 0 Å². The fourth-order valence-electron chi connectivity index (χ4n) is 1.99. The maximum atomic E-state index is 9.20. The summed E-state index contributed by atoms with van der Waals surface area (Å²) in [5.74, 6) is 0.786. The summed E-state index contributed by atoms with van der Waals surface area (Å²) >= 11 is 0. The first kappa shape index (κ1) is 13.6. The zero-order valence-electron chi connectivity index (χ0n) is 11.3. The lowest BCUT2D eigenvalue weighted by Crippen LogP contribution is -2.01. The number of ether oxygens (including phenoxy) is 1. The van der Waals surface area contributed by atoms with Crippen LogP contribution in [0, 0.1) is 6.92 Å². The van der Waals surface area contributed by atoms with Gasteiger partial charge >= 0.3 is 0 Å². The molecule has 2 rings (SSSR count). The SMILES string of the molecule is Cc1ccc(CCCOc2ccccc2CO)cc1. The van der Waals surface area contributed by atoms with Crippen LogP contribution in [-0.4, -0.2) is 11.7 Å². The summed E-state index contributed by atoms with van der Waals surface area (Å²) in [5, 5.41) is 9.20. The van der Waals surface area contributed by atoms with E-state index < -0.39 is 0 Å². The second kappa shape index (κ2) is 6.95. The molecule has 0 fully saturated rings. The van der Waals surface area contributed by atoms with E-state index in [1.54, 1.807) is 0 Å². The number of hydrogen-bond acceptors (Lipinski definition) is 2. The predicted molar refractivity (Wildman–Crippen MR) is 77.4 cm³/mol. The number of hydrogen-bond donors (Lipinski definition) is 1. The van der Waals surface area contributed by atoms with Gasteiger partial charge in [-0.1, -0.05) is 48.0 Å². The molecule has 0 unspecified atom stereocenters. The third kappa shape index (κ3) is 4.11. The molecule has 1 N–H and O–H groups in total. The van der Waals surface area contributed by atoms with Crippen molar-refractivity contribution >= 4 is 0 Å². The lowest BCUT2D eigenvalue weighted by molar-refractivity contribution is 0.261. The normalized spacial score (nSPS) is 10.4. The van der Waals surface area contributed by atoms with Crippen molar-refractivity contribution < 1.29 is 9.84 Å². The Kier molecular flexibility index (Phi) is 4.99. The molecule has 0 heterocycles. The molecule has 0 amide bonds. The van der Waals surface area contributed by atoms with E-state index in [1.165, 1.54) is 11.1 Å². The first-order valence-electron chi connectivity index (χ1n) is 6.66. The van der Waals surface area contributed by atoms with E-state index in [-0.39, 0.29) is 6.61 Å². The van der Waals surface area contributed by atoms with E-state index >= 15 is 0 Å². The smallest absolute Gasteiger partial charge is 0.124 e. The molecule has 0 aromatic heterocycles. The average Bonchev–Trinajstić information content (AvgIpc) is 2.46. The minimum Gasteiger partial charge on any atom is -0.493 e. The van der Waals surface area contributed by atoms with Crippen molar-refractivity contribution in [3.05, 3.63) is 65.2 Å². The molecule has 100 valence electrons. The molecule has 0 aliphatic carbocycles. The maximum Gasteiger partial charge on any atom is 0.124 e. The molecule has 0 radical (unpaired) electrons. The van der Waals surface area contributed by atoms with E-state index in [9.17, 15) is 5.11 Å². The molecule has 2 aromatic rings. The second-order valence-electron chi connectivity index (χ2n) is 4.70. The molecule has 0 saturated heterocycles. The Labute approximate surface area is 114 Å². The van der Waals surface area contributed by atoms with Crippen LogP contribution in [0.3, 0.4) is 0 Å². The van der Waals surface area contributed by atoms with Crippen molar-refractivity contribution in [3.63, 3.8) is 0 Å². The second-order valence-corrected chi connectivity index (χ2v) is 4.70. The van der Waals surface area contributed by atoms with Crippen LogP contribution in [0.5, 0.6) is 5.75 Å². The predicted octanol–water partition coefficient (Wildman–Crippen LogP) is 3.50. The molecule has 0 aliphatic heterocycles. The van der Waals surface area contributed by atoms with E-state index in [0.29, 0.717) is 6.61 Å². The monoisotopic (exact) mass is 256 g/mol. The summed E-state index contributed by atoms with van der Waals surface area (Å²) in [6, 6.07) is 16.2. The summed E-state index contributed by atoms with van der Waals surface area (Å²) in [6.45, 7) is 2.79. The standard InChI is InChI=1S/C17H20O2/c1-14-8-10-15(11-9-14)5-4-12-19-17-7-3-2-6-16(17)13-18/h2-3,6-11,18H,4-5,12-13H2,1H3. The fraction of sp³-hybridized carbons (Fsp3) is 0.294. The van der Waals surface area contributed by atoms with Crippen molar-refractivity contribution in [3.8, 4) is 5.75 Å². The Hall–Kier alpha value is -1.80. The van der Waals surface area contributed by atoms with Crippen LogP contribution in [0.4, 0.5) is 0 Å². The number of aliphatic hydroxyl groups excluding tert-OH is 1. The average molecular weight is 256 g/mol. The number of para-hydroxylation sites is 1. The van der Waals surface area contributed by atoms with Crippen LogP contribution in [0.15, 0.2) is 48.5 Å². The first-order chi connectivity index (χ1) is 9.29. The summed E-state index contributed by atoms with van der Waals surface area (Å²) in [5.41, 5.74) is 3.47. The molecule has 0 spiro atoms. The zero-order chi connectivity index (χ0) is 13.5. The molecule has 19 heavy (non-hydrogen) atoms. The number of aryl methyl sites for hydroxylation is 2. The quantitative estimate of drug-likeness (QED) is 0.802. The summed E-state index contributed by atoms with van der Waals surface area (Å²) < 4.78 is 5.71. The van der Waals surface area contributed by atoms with Crippen LogP contribution in [0.25, 0.3) is 0 Å². The minimum atomic E-state index is 0.0220. The van der Waals surface area contributed by atoms with Crippen molar-refractivity contribution in [2.75, 3.05) is 6.61 Å². The van der Waals surface area contributed by atoms with Crippen molar-refractivity contribution in [2.45, 2.75) is 26.4 Å². The Morgan fingerprint density at radius 2 is 1.74 bits per heavy atom. The molecular formula is C17H20O2. The van der Waals surface area contributed by atoms with Gasteiger partial charge in [0.1, 0.15) is 5.75 Å². The van der Waals surface area contributed by atoms with E-state index in [4.69, 9.17) is 4.74 Å². The lowest BCUT2D eigenvalue weighted by atomic mass is 10.1. The van der Waals surface area contributed by atoms with Crippen molar-refractivity contribution in [1.29, 1.82) is 0 Å².